The van der Waals surface area contributed by atoms with Crippen LogP contribution in [0.2, 0.25) is 0 Å². The van der Waals surface area contributed by atoms with Gasteiger partial charge in [0.1, 0.15) is 22.8 Å². The monoisotopic (exact) mass is 397 g/mol. The summed E-state index contributed by atoms with van der Waals surface area (Å²) in [6.45, 7) is 3.86. The third-order valence-corrected chi connectivity index (χ3v) is 5.07. The number of hydrogen-bond acceptors (Lipinski definition) is 5. The van der Waals surface area contributed by atoms with E-state index in [9.17, 15) is 4.79 Å². The van der Waals surface area contributed by atoms with Crippen LogP contribution in [0.1, 0.15) is 35.0 Å². The first-order valence-electron chi connectivity index (χ1n) is 9.55. The maximum absolute atomic E-state index is 12.7. The minimum Gasteiger partial charge on any atom is -0.497 e. The van der Waals surface area contributed by atoms with Crippen molar-refractivity contribution in [3.8, 4) is 17.2 Å². The number of amides is 1. The molecule has 6 heteroatoms. The predicted molar refractivity (Wildman–Crippen MR) is 112 cm³/mol. The van der Waals surface area contributed by atoms with Crippen molar-refractivity contribution < 1.29 is 23.4 Å². The molecule has 1 N–H and O–H groups in total. The summed E-state index contributed by atoms with van der Waals surface area (Å²) in [6, 6.07) is 11.2. The summed E-state index contributed by atoms with van der Waals surface area (Å²) >= 11 is 0. The number of nitrogens with one attached hydrogen (secondary N) is 1. The number of methoxy groups -OCH3 is 3. The number of ether oxygens (including phenoxy) is 3. The fraction of sp³-hybridized carbons (Fsp3) is 0.348. The van der Waals surface area contributed by atoms with E-state index in [0.717, 1.165) is 46.6 Å². The van der Waals surface area contributed by atoms with Crippen LogP contribution in [0.4, 0.5) is 0 Å². The van der Waals surface area contributed by atoms with Gasteiger partial charge >= 0.3 is 0 Å². The molecule has 1 heterocycles. The molecule has 3 rings (SSSR count). The van der Waals surface area contributed by atoms with Gasteiger partial charge in [-0.2, -0.15) is 0 Å². The van der Waals surface area contributed by atoms with Gasteiger partial charge in [-0.3, -0.25) is 4.79 Å². The Kier molecular flexibility index (Phi) is 6.32. The fourth-order valence-corrected chi connectivity index (χ4v) is 3.34. The molecule has 1 unspecified atom stereocenters. The van der Waals surface area contributed by atoms with Gasteiger partial charge in [-0.15, -0.1) is 0 Å². The number of fused-ring (bicyclic) bond motifs is 1. The van der Waals surface area contributed by atoms with Gasteiger partial charge in [0.15, 0.2) is 5.76 Å². The van der Waals surface area contributed by atoms with Gasteiger partial charge in [0.25, 0.3) is 5.91 Å². The van der Waals surface area contributed by atoms with Crippen LogP contribution >= 0.6 is 0 Å². The molecule has 0 saturated heterocycles. The van der Waals surface area contributed by atoms with Crippen molar-refractivity contribution >= 4 is 16.9 Å². The highest BCUT2D eigenvalue weighted by Crippen LogP contribution is 2.29. The zero-order chi connectivity index (χ0) is 21.0. The summed E-state index contributed by atoms with van der Waals surface area (Å²) in [4.78, 5) is 12.7. The van der Waals surface area contributed by atoms with Crippen molar-refractivity contribution in [3.05, 3.63) is 53.3 Å². The third-order valence-electron chi connectivity index (χ3n) is 5.07. The van der Waals surface area contributed by atoms with E-state index in [0.29, 0.717) is 11.3 Å². The number of carbonyl (C=O) groups is 1. The lowest BCUT2D eigenvalue weighted by molar-refractivity contribution is 0.0911. The van der Waals surface area contributed by atoms with Crippen molar-refractivity contribution in [3.63, 3.8) is 0 Å². The largest absolute Gasteiger partial charge is 0.497 e. The quantitative estimate of drug-likeness (QED) is 0.605. The predicted octanol–water partition coefficient (Wildman–Crippen LogP) is 4.52. The van der Waals surface area contributed by atoms with Crippen LogP contribution in [0.15, 0.2) is 40.8 Å². The number of aryl methyl sites for hydroxylation is 2. The Morgan fingerprint density at radius 3 is 2.41 bits per heavy atom. The van der Waals surface area contributed by atoms with E-state index >= 15 is 0 Å². The summed E-state index contributed by atoms with van der Waals surface area (Å²) in [5.41, 5.74) is 2.55. The summed E-state index contributed by atoms with van der Waals surface area (Å²) in [6.07, 6.45) is 1.53. The molecular weight excluding hydrogens is 370 g/mol. The molecule has 1 aromatic heterocycles. The second kappa shape index (κ2) is 8.90. The molecule has 6 nitrogen and oxygen atoms in total. The molecule has 0 bridgehead atoms. The van der Waals surface area contributed by atoms with Crippen LogP contribution in [0.3, 0.4) is 0 Å². The molecule has 0 aliphatic rings. The van der Waals surface area contributed by atoms with Crippen molar-refractivity contribution in [2.24, 2.45) is 0 Å². The van der Waals surface area contributed by atoms with E-state index in [-0.39, 0.29) is 11.9 Å². The van der Waals surface area contributed by atoms with Gasteiger partial charge in [0.05, 0.1) is 21.3 Å². The smallest absolute Gasteiger partial charge is 0.287 e. The third kappa shape index (κ3) is 4.47. The SMILES string of the molecule is COc1ccc(CCC(C)NC(=O)c2oc3ccc(OC)cc3c2C)c(OC)c1. The molecule has 0 fully saturated rings. The molecule has 1 atom stereocenters. The zero-order valence-corrected chi connectivity index (χ0v) is 17.5. The molecule has 0 spiro atoms. The standard InChI is InChI=1S/C23H27NO5/c1-14(6-7-16-8-9-18(27-4)13-21(16)28-5)24-23(25)22-15(2)19-12-17(26-3)10-11-20(19)29-22/h8-14H,6-7H2,1-5H3,(H,24,25). The van der Waals surface area contributed by atoms with E-state index in [1.807, 2.05) is 50.2 Å². The number of hydrogen-bond donors (Lipinski definition) is 1. The van der Waals surface area contributed by atoms with Crippen LogP contribution < -0.4 is 19.5 Å². The lowest BCUT2D eigenvalue weighted by Gasteiger charge is -2.15. The molecule has 3 aromatic rings. The fourth-order valence-electron chi connectivity index (χ4n) is 3.34. The Labute approximate surface area is 170 Å². The van der Waals surface area contributed by atoms with Crippen LogP contribution in [0.25, 0.3) is 11.0 Å². The van der Waals surface area contributed by atoms with E-state index in [1.54, 1.807) is 21.3 Å². The Morgan fingerprint density at radius 2 is 1.72 bits per heavy atom. The molecule has 0 radical (unpaired) electrons. The lowest BCUT2D eigenvalue weighted by Crippen LogP contribution is -2.33. The zero-order valence-electron chi connectivity index (χ0n) is 17.5. The van der Waals surface area contributed by atoms with Gasteiger partial charge in [0, 0.05) is 23.1 Å². The first kappa shape index (κ1) is 20.6. The Bertz CT molecular complexity index is 1010. The molecule has 0 saturated carbocycles. The topological polar surface area (TPSA) is 69.9 Å². The van der Waals surface area contributed by atoms with Crippen LogP contribution in [0, 0.1) is 6.92 Å². The Hall–Kier alpha value is -3.15. The highest BCUT2D eigenvalue weighted by Gasteiger charge is 2.20. The number of benzene rings is 2. The Balaban J connectivity index is 1.67. The highest BCUT2D eigenvalue weighted by atomic mass is 16.5. The van der Waals surface area contributed by atoms with E-state index < -0.39 is 0 Å². The van der Waals surface area contributed by atoms with Gasteiger partial charge in [0.2, 0.25) is 0 Å². The van der Waals surface area contributed by atoms with Crippen molar-refractivity contribution in [1.82, 2.24) is 5.32 Å². The average molecular weight is 397 g/mol. The second-order valence-electron chi connectivity index (χ2n) is 7.01. The molecule has 154 valence electrons. The lowest BCUT2D eigenvalue weighted by atomic mass is 10.0. The van der Waals surface area contributed by atoms with E-state index in [4.69, 9.17) is 18.6 Å². The first-order chi connectivity index (χ1) is 14.0. The normalized spacial score (nSPS) is 11.9. The Morgan fingerprint density at radius 1 is 1.03 bits per heavy atom. The van der Waals surface area contributed by atoms with Gasteiger partial charge in [-0.25, -0.2) is 0 Å². The number of furan rings is 1. The molecule has 0 aliphatic carbocycles. The minimum absolute atomic E-state index is 0.0311. The average Bonchev–Trinajstić information content (AvgIpc) is 3.08. The van der Waals surface area contributed by atoms with Crippen LogP contribution in [-0.4, -0.2) is 33.3 Å². The van der Waals surface area contributed by atoms with Gasteiger partial charge in [-0.05, 0) is 56.5 Å². The van der Waals surface area contributed by atoms with Crippen molar-refractivity contribution in [1.29, 1.82) is 0 Å². The maximum atomic E-state index is 12.7. The van der Waals surface area contributed by atoms with Crippen molar-refractivity contribution in [2.75, 3.05) is 21.3 Å². The minimum atomic E-state index is -0.216. The van der Waals surface area contributed by atoms with Crippen LogP contribution in [-0.2, 0) is 6.42 Å². The summed E-state index contributed by atoms with van der Waals surface area (Å²) in [5.74, 6) is 2.39. The highest BCUT2D eigenvalue weighted by molar-refractivity contribution is 5.99. The molecule has 1 amide bonds. The molecule has 29 heavy (non-hydrogen) atoms. The van der Waals surface area contributed by atoms with Gasteiger partial charge < -0.3 is 23.9 Å². The number of carbonyl (C=O) groups excluding carboxylic acids is 1. The van der Waals surface area contributed by atoms with E-state index in [1.165, 1.54) is 0 Å². The molecule has 0 aliphatic heterocycles. The summed E-state index contributed by atoms with van der Waals surface area (Å²) in [5, 5.41) is 3.91. The molecule has 2 aromatic carbocycles. The van der Waals surface area contributed by atoms with Crippen LogP contribution in [0.5, 0.6) is 17.2 Å². The maximum Gasteiger partial charge on any atom is 0.287 e. The number of rotatable bonds is 8. The van der Waals surface area contributed by atoms with Crippen molar-refractivity contribution in [2.45, 2.75) is 32.7 Å². The summed E-state index contributed by atoms with van der Waals surface area (Å²) in [7, 11) is 4.88. The summed E-state index contributed by atoms with van der Waals surface area (Å²) < 4.78 is 21.7. The molecular formula is C23H27NO5. The van der Waals surface area contributed by atoms with E-state index in [2.05, 4.69) is 5.32 Å². The first-order valence-corrected chi connectivity index (χ1v) is 9.55. The van der Waals surface area contributed by atoms with Gasteiger partial charge in [-0.1, -0.05) is 6.07 Å². The second-order valence-corrected chi connectivity index (χ2v) is 7.01.